The van der Waals surface area contributed by atoms with Crippen molar-refractivity contribution in [2.75, 3.05) is 13.2 Å². The first-order valence-corrected chi connectivity index (χ1v) is 9.27. The number of likely N-dealkylation sites (tertiary alicyclic amines) is 1. The van der Waals surface area contributed by atoms with E-state index in [9.17, 15) is 19.1 Å². The molecular weight excluding hydrogens is 361 g/mol. The zero-order valence-corrected chi connectivity index (χ0v) is 15.2. The van der Waals surface area contributed by atoms with Gasteiger partial charge in [-0.15, -0.1) is 0 Å². The summed E-state index contributed by atoms with van der Waals surface area (Å²) in [5, 5.41) is 10.8. The fourth-order valence-electron chi connectivity index (χ4n) is 3.82. The van der Waals surface area contributed by atoms with Crippen LogP contribution in [-0.4, -0.2) is 41.0 Å². The van der Waals surface area contributed by atoms with Gasteiger partial charge in [-0.2, -0.15) is 0 Å². The normalized spacial score (nSPS) is 24.1. The molecule has 2 fully saturated rings. The van der Waals surface area contributed by atoms with E-state index >= 15 is 0 Å². The minimum Gasteiger partial charge on any atom is -0.507 e. The zero-order chi connectivity index (χ0) is 19.7. The number of rotatable bonds is 4. The first-order valence-electron chi connectivity index (χ1n) is 9.27. The third-order valence-electron chi connectivity index (χ3n) is 5.20. The van der Waals surface area contributed by atoms with Gasteiger partial charge in [0.2, 0.25) is 0 Å². The second-order valence-electron chi connectivity index (χ2n) is 7.00. The Hall–Kier alpha value is -2.99. The molecule has 2 heterocycles. The third kappa shape index (κ3) is 3.31. The van der Waals surface area contributed by atoms with Crippen molar-refractivity contribution in [3.05, 3.63) is 77.1 Å². The van der Waals surface area contributed by atoms with E-state index in [0.29, 0.717) is 17.7 Å². The Bertz CT molecular complexity index is 917. The number of carbonyl (C=O) groups is 2. The minimum atomic E-state index is -0.787. The number of carbonyl (C=O) groups excluding carboxylic acids is 2. The van der Waals surface area contributed by atoms with Gasteiger partial charge in [0.25, 0.3) is 11.7 Å². The molecule has 28 heavy (non-hydrogen) atoms. The van der Waals surface area contributed by atoms with E-state index in [1.807, 2.05) is 0 Å². The molecule has 2 aliphatic rings. The average molecular weight is 381 g/mol. The Morgan fingerprint density at radius 3 is 2.46 bits per heavy atom. The topological polar surface area (TPSA) is 66.8 Å². The standard InChI is InChI=1S/C22H20FNO4/c23-16-10-8-14(9-11-16)19-18(20(25)15-5-2-1-3-6-15)21(26)22(27)24(19)13-17-7-4-12-28-17/h1-3,5-6,8-11,17,19,25H,4,7,12-13H2/b20-18+/t17-,19-/m0/s1. The number of Topliss-reactive ketones (excluding diaryl/α,β-unsaturated/α-hetero) is 1. The van der Waals surface area contributed by atoms with Crippen LogP contribution in [0.1, 0.15) is 30.0 Å². The molecule has 0 saturated carbocycles. The molecule has 144 valence electrons. The Kier molecular flexibility index (Phi) is 4.96. The van der Waals surface area contributed by atoms with Crippen molar-refractivity contribution >= 4 is 17.4 Å². The summed E-state index contributed by atoms with van der Waals surface area (Å²) in [6, 6.07) is 13.5. The molecule has 2 saturated heterocycles. The molecule has 2 aromatic carbocycles. The van der Waals surface area contributed by atoms with Crippen molar-refractivity contribution < 1.29 is 23.8 Å². The van der Waals surface area contributed by atoms with Gasteiger partial charge in [-0.1, -0.05) is 42.5 Å². The van der Waals surface area contributed by atoms with Crippen LogP contribution < -0.4 is 0 Å². The first-order chi connectivity index (χ1) is 13.6. The lowest BCUT2D eigenvalue weighted by Crippen LogP contribution is -2.36. The summed E-state index contributed by atoms with van der Waals surface area (Å²) < 4.78 is 19.1. The maximum absolute atomic E-state index is 13.4. The molecule has 5 nitrogen and oxygen atoms in total. The molecule has 2 aromatic rings. The lowest BCUT2D eigenvalue weighted by atomic mass is 9.95. The van der Waals surface area contributed by atoms with Gasteiger partial charge < -0.3 is 14.7 Å². The fraction of sp³-hybridized carbons (Fsp3) is 0.273. The number of nitrogens with zero attached hydrogens (tertiary/aromatic N) is 1. The van der Waals surface area contributed by atoms with Gasteiger partial charge in [0, 0.05) is 18.7 Å². The highest BCUT2D eigenvalue weighted by Gasteiger charge is 2.47. The third-order valence-corrected chi connectivity index (χ3v) is 5.20. The van der Waals surface area contributed by atoms with Gasteiger partial charge in [-0.05, 0) is 30.5 Å². The Labute approximate surface area is 162 Å². The van der Waals surface area contributed by atoms with Crippen molar-refractivity contribution in [1.29, 1.82) is 0 Å². The highest BCUT2D eigenvalue weighted by Crippen LogP contribution is 2.40. The van der Waals surface area contributed by atoms with E-state index in [2.05, 4.69) is 0 Å². The van der Waals surface area contributed by atoms with Crippen LogP contribution in [0, 0.1) is 5.82 Å². The van der Waals surface area contributed by atoms with Gasteiger partial charge in [-0.3, -0.25) is 9.59 Å². The highest BCUT2D eigenvalue weighted by molar-refractivity contribution is 6.46. The molecule has 2 atom stereocenters. The van der Waals surface area contributed by atoms with Gasteiger partial charge >= 0.3 is 0 Å². The van der Waals surface area contributed by atoms with Crippen molar-refractivity contribution in [2.45, 2.75) is 25.0 Å². The number of benzene rings is 2. The Morgan fingerprint density at radius 2 is 1.82 bits per heavy atom. The van der Waals surface area contributed by atoms with Crippen LogP contribution in [0.2, 0.25) is 0 Å². The number of amides is 1. The SMILES string of the molecule is O=C1C(=O)N(C[C@@H]2CCCO2)[C@@H](c2ccc(F)cc2)/C1=C(\O)c1ccccc1. The number of ether oxygens (including phenoxy) is 1. The van der Waals surface area contributed by atoms with Crippen LogP contribution in [0.15, 0.2) is 60.2 Å². The minimum absolute atomic E-state index is 0.0146. The predicted octanol–water partition coefficient (Wildman–Crippen LogP) is 3.43. The summed E-state index contributed by atoms with van der Waals surface area (Å²) in [6.07, 6.45) is 1.55. The maximum Gasteiger partial charge on any atom is 0.295 e. The number of hydrogen-bond donors (Lipinski definition) is 1. The fourth-order valence-corrected chi connectivity index (χ4v) is 3.82. The molecule has 2 aliphatic heterocycles. The maximum atomic E-state index is 13.4. The molecule has 0 bridgehead atoms. The second-order valence-corrected chi connectivity index (χ2v) is 7.00. The van der Waals surface area contributed by atoms with E-state index in [4.69, 9.17) is 4.74 Å². The van der Waals surface area contributed by atoms with Crippen molar-refractivity contribution in [2.24, 2.45) is 0 Å². The lowest BCUT2D eigenvalue weighted by Gasteiger charge is -2.27. The molecule has 4 rings (SSSR count). The molecule has 6 heteroatoms. The monoisotopic (exact) mass is 381 g/mol. The first kappa shape index (κ1) is 18.4. The lowest BCUT2D eigenvalue weighted by molar-refractivity contribution is -0.140. The van der Waals surface area contributed by atoms with Crippen LogP contribution >= 0.6 is 0 Å². The van der Waals surface area contributed by atoms with E-state index in [-0.39, 0.29) is 24.0 Å². The molecule has 1 amide bonds. The largest absolute Gasteiger partial charge is 0.507 e. The van der Waals surface area contributed by atoms with E-state index in [0.717, 1.165) is 12.8 Å². The smallest absolute Gasteiger partial charge is 0.295 e. The summed E-state index contributed by atoms with van der Waals surface area (Å²) in [6.45, 7) is 0.873. The predicted molar refractivity (Wildman–Crippen MR) is 101 cm³/mol. The summed E-state index contributed by atoms with van der Waals surface area (Å²) in [4.78, 5) is 27.1. The van der Waals surface area contributed by atoms with Gasteiger partial charge in [0.1, 0.15) is 11.6 Å². The Balaban J connectivity index is 1.81. The van der Waals surface area contributed by atoms with Gasteiger partial charge in [0.15, 0.2) is 0 Å². The molecule has 0 aliphatic carbocycles. The molecule has 0 radical (unpaired) electrons. The van der Waals surface area contributed by atoms with Crippen molar-refractivity contribution in [3.8, 4) is 0 Å². The summed E-state index contributed by atoms with van der Waals surface area (Å²) in [5.74, 6) is -2.07. The summed E-state index contributed by atoms with van der Waals surface area (Å²) in [7, 11) is 0. The quantitative estimate of drug-likeness (QED) is 0.501. The molecule has 0 unspecified atom stereocenters. The molecular formula is C22H20FNO4. The van der Waals surface area contributed by atoms with Crippen LogP contribution in [0.3, 0.4) is 0 Å². The van der Waals surface area contributed by atoms with Crippen molar-refractivity contribution in [1.82, 2.24) is 4.90 Å². The van der Waals surface area contributed by atoms with E-state index < -0.39 is 23.5 Å². The Morgan fingerprint density at radius 1 is 1.11 bits per heavy atom. The molecule has 1 N–H and O–H groups in total. The van der Waals surface area contributed by atoms with E-state index in [1.165, 1.54) is 29.2 Å². The van der Waals surface area contributed by atoms with Crippen LogP contribution in [0.25, 0.3) is 5.76 Å². The average Bonchev–Trinajstić information content (AvgIpc) is 3.31. The zero-order valence-electron chi connectivity index (χ0n) is 15.2. The van der Waals surface area contributed by atoms with Gasteiger partial charge in [0.05, 0.1) is 17.7 Å². The number of aliphatic hydroxyl groups excluding tert-OH is 1. The van der Waals surface area contributed by atoms with Crippen LogP contribution in [0.5, 0.6) is 0 Å². The van der Waals surface area contributed by atoms with Crippen LogP contribution in [0.4, 0.5) is 4.39 Å². The van der Waals surface area contributed by atoms with E-state index in [1.54, 1.807) is 30.3 Å². The summed E-state index contributed by atoms with van der Waals surface area (Å²) in [5.41, 5.74) is 1.03. The van der Waals surface area contributed by atoms with Gasteiger partial charge in [-0.25, -0.2) is 4.39 Å². The highest BCUT2D eigenvalue weighted by atomic mass is 19.1. The van der Waals surface area contributed by atoms with Crippen LogP contribution in [-0.2, 0) is 14.3 Å². The number of hydrogen-bond acceptors (Lipinski definition) is 4. The summed E-state index contributed by atoms with van der Waals surface area (Å²) >= 11 is 0. The number of aliphatic hydroxyl groups is 1. The number of ketones is 1. The number of halogens is 1. The second kappa shape index (κ2) is 7.56. The molecule has 0 aromatic heterocycles. The molecule has 0 spiro atoms. The van der Waals surface area contributed by atoms with Crippen molar-refractivity contribution in [3.63, 3.8) is 0 Å².